The summed E-state index contributed by atoms with van der Waals surface area (Å²) in [5.41, 5.74) is 1.26. The highest BCUT2D eigenvalue weighted by atomic mass is 19.1. The van der Waals surface area contributed by atoms with Gasteiger partial charge in [-0.1, -0.05) is 102 Å². The number of ether oxygens (including phenoxy) is 3. The lowest BCUT2D eigenvalue weighted by molar-refractivity contribution is 0.0308. The first kappa shape index (κ1) is 35.7. The smallest absolute Gasteiger partial charge is 0.344 e. The van der Waals surface area contributed by atoms with E-state index in [1.54, 1.807) is 31.2 Å². The highest BCUT2D eigenvalue weighted by Crippen LogP contribution is 2.26. The van der Waals surface area contributed by atoms with Crippen molar-refractivity contribution in [3.05, 3.63) is 83.4 Å². The van der Waals surface area contributed by atoms with Gasteiger partial charge in [-0.05, 0) is 61.6 Å². The molecule has 0 spiro atoms. The number of hydrogen-bond acceptors (Lipinski definition) is 5. The van der Waals surface area contributed by atoms with Crippen LogP contribution in [0.15, 0.2) is 60.7 Å². The van der Waals surface area contributed by atoms with Gasteiger partial charge in [0.05, 0.1) is 18.3 Å². The molecule has 0 bridgehead atoms. The molecule has 7 heteroatoms. The third-order valence-electron chi connectivity index (χ3n) is 7.78. The number of halogens is 2. The summed E-state index contributed by atoms with van der Waals surface area (Å²) in [5, 5.41) is 0. The molecule has 0 aliphatic carbocycles. The molecule has 3 rings (SSSR count). The van der Waals surface area contributed by atoms with Gasteiger partial charge in [0.25, 0.3) is 0 Å². The second-order valence-corrected chi connectivity index (χ2v) is 11.6. The zero-order valence-corrected chi connectivity index (χ0v) is 27.0. The van der Waals surface area contributed by atoms with Crippen LogP contribution in [0.25, 0.3) is 11.1 Å². The second-order valence-electron chi connectivity index (χ2n) is 11.6. The van der Waals surface area contributed by atoms with Gasteiger partial charge < -0.3 is 14.2 Å². The van der Waals surface area contributed by atoms with E-state index in [1.165, 1.54) is 44.9 Å². The van der Waals surface area contributed by atoms with Gasteiger partial charge in [-0.15, -0.1) is 0 Å². The third kappa shape index (κ3) is 12.3. The minimum absolute atomic E-state index is 0.213. The number of esters is 2. The Morgan fingerprint density at radius 2 is 1.16 bits per heavy atom. The number of unbranched alkanes of at least 4 members (excludes halogenated alkanes) is 10. The van der Waals surface area contributed by atoms with E-state index < -0.39 is 35.2 Å². The molecule has 1 unspecified atom stereocenters. The molecule has 0 N–H and O–H groups in total. The maximum Gasteiger partial charge on any atom is 0.344 e. The molecular weight excluding hydrogens is 574 g/mol. The van der Waals surface area contributed by atoms with Crippen LogP contribution in [-0.2, 0) is 4.74 Å². The van der Waals surface area contributed by atoms with Gasteiger partial charge in [-0.3, -0.25) is 0 Å². The molecule has 0 aliphatic rings. The van der Waals surface area contributed by atoms with Gasteiger partial charge in [-0.2, -0.15) is 0 Å². The van der Waals surface area contributed by atoms with Crippen molar-refractivity contribution in [3.63, 3.8) is 0 Å². The summed E-state index contributed by atoms with van der Waals surface area (Å²) >= 11 is 0. The molecule has 0 aliphatic heterocycles. The maximum atomic E-state index is 14.7. The summed E-state index contributed by atoms with van der Waals surface area (Å²) in [6.07, 6.45) is 14.2. The lowest BCUT2D eigenvalue weighted by Crippen LogP contribution is -2.18. The number of carbonyl (C=O) groups is 2. The fourth-order valence-electron chi connectivity index (χ4n) is 5.10. The van der Waals surface area contributed by atoms with Crippen molar-refractivity contribution in [2.45, 2.75) is 110 Å². The summed E-state index contributed by atoms with van der Waals surface area (Å²) in [7, 11) is 0. The standard InChI is InChI=1S/C38H48F2O5/c1-4-6-8-10-11-12-13-15-25-43-32-23-21-30(22-24-32)29-17-19-31(20-18-29)37(41)45-33-26-34(39)36(35(40)27-33)38(42)44-28(3)16-14-9-7-5-2/h17-24,26-28H,4-16,25H2,1-3H3. The van der Waals surface area contributed by atoms with Gasteiger partial charge >= 0.3 is 11.9 Å². The first-order valence-corrected chi connectivity index (χ1v) is 16.6. The number of benzene rings is 3. The van der Waals surface area contributed by atoms with Crippen LogP contribution in [0.5, 0.6) is 11.5 Å². The van der Waals surface area contributed by atoms with Gasteiger partial charge in [0.2, 0.25) is 0 Å². The van der Waals surface area contributed by atoms with Crippen LogP contribution in [0.1, 0.15) is 125 Å². The van der Waals surface area contributed by atoms with Gasteiger partial charge in [0, 0.05) is 12.1 Å². The number of rotatable bonds is 20. The average molecular weight is 623 g/mol. The van der Waals surface area contributed by atoms with E-state index in [0.29, 0.717) is 13.0 Å². The van der Waals surface area contributed by atoms with Crippen molar-refractivity contribution in [1.29, 1.82) is 0 Å². The van der Waals surface area contributed by atoms with Crippen molar-refractivity contribution in [3.8, 4) is 22.6 Å². The molecule has 3 aromatic carbocycles. The van der Waals surface area contributed by atoms with Crippen molar-refractivity contribution < 1.29 is 32.6 Å². The lowest BCUT2D eigenvalue weighted by Gasteiger charge is -2.14. The molecule has 0 heterocycles. The van der Waals surface area contributed by atoms with Crippen molar-refractivity contribution >= 4 is 11.9 Å². The lowest BCUT2D eigenvalue weighted by atomic mass is 10.0. The van der Waals surface area contributed by atoms with Crippen LogP contribution in [0, 0.1) is 11.6 Å². The van der Waals surface area contributed by atoms with Crippen molar-refractivity contribution in [2.75, 3.05) is 6.61 Å². The van der Waals surface area contributed by atoms with E-state index in [9.17, 15) is 18.4 Å². The van der Waals surface area contributed by atoms with Crippen LogP contribution in [0.3, 0.4) is 0 Å². The maximum absolute atomic E-state index is 14.7. The Labute approximate surface area is 267 Å². The van der Waals surface area contributed by atoms with E-state index in [1.807, 2.05) is 24.3 Å². The molecule has 0 fully saturated rings. The molecule has 0 saturated heterocycles. The SMILES string of the molecule is CCCCCCCCCCOc1ccc(-c2ccc(C(=O)Oc3cc(F)c(C(=O)OC(C)CCCCCC)c(F)c3)cc2)cc1. The Balaban J connectivity index is 1.48. The van der Waals surface area contributed by atoms with E-state index >= 15 is 0 Å². The molecule has 0 saturated carbocycles. The Kier molecular flexibility index (Phi) is 15.6. The van der Waals surface area contributed by atoms with Gasteiger partial charge in [0.15, 0.2) is 0 Å². The van der Waals surface area contributed by atoms with Gasteiger partial charge in [-0.25, -0.2) is 18.4 Å². The predicted molar refractivity (Wildman–Crippen MR) is 175 cm³/mol. The van der Waals surface area contributed by atoms with Crippen LogP contribution < -0.4 is 9.47 Å². The van der Waals surface area contributed by atoms with Crippen LogP contribution in [-0.4, -0.2) is 24.6 Å². The molecule has 1 atom stereocenters. The molecule has 5 nitrogen and oxygen atoms in total. The molecule has 244 valence electrons. The van der Waals surface area contributed by atoms with E-state index in [2.05, 4.69) is 13.8 Å². The van der Waals surface area contributed by atoms with Crippen LogP contribution in [0.4, 0.5) is 8.78 Å². The monoisotopic (exact) mass is 622 g/mol. The zero-order valence-electron chi connectivity index (χ0n) is 27.0. The van der Waals surface area contributed by atoms with E-state index in [4.69, 9.17) is 14.2 Å². The minimum Gasteiger partial charge on any atom is -0.494 e. The molecule has 0 amide bonds. The minimum atomic E-state index is -1.15. The van der Waals surface area contributed by atoms with Crippen molar-refractivity contribution in [2.24, 2.45) is 0 Å². The van der Waals surface area contributed by atoms with Gasteiger partial charge in [0.1, 0.15) is 28.7 Å². The topological polar surface area (TPSA) is 61.8 Å². The normalized spacial score (nSPS) is 11.7. The largest absolute Gasteiger partial charge is 0.494 e. The predicted octanol–water partition coefficient (Wildman–Crippen LogP) is 10.9. The first-order chi connectivity index (χ1) is 21.8. The Morgan fingerprint density at radius 1 is 0.644 bits per heavy atom. The number of carbonyl (C=O) groups excluding carboxylic acids is 2. The summed E-state index contributed by atoms with van der Waals surface area (Å²) in [5.74, 6) is -3.68. The summed E-state index contributed by atoms with van der Waals surface area (Å²) in [6.45, 7) is 6.73. The average Bonchev–Trinajstić information content (AvgIpc) is 3.02. The molecule has 45 heavy (non-hydrogen) atoms. The fourth-order valence-corrected chi connectivity index (χ4v) is 5.10. The van der Waals surface area contributed by atoms with E-state index in [0.717, 1.165) is 61.1 Å². The molecule has 0 aromatic heterocycles. The summed E-state index contributed by atoms with van der Waals surface area (Å²) in [6, 6.07) is 16.1. The molecular formula is C38H48F2O5. The van der Waals surface area contributed by atoms with Crippen LogP contribution >= 0.6 is 0 Å². The first-order valence-electron chi connectivity index (χ1n) is 16.6. The Morgan fingerprint density at radius 3 is 1.73 bits per heavy atom. The second kappa shape index (κ2) is 19.6. The number of hydrogen-bond donors (Lipinski definition) is 0. The highest BCUT2D eigenvalue weighted by Gasteiger charge is 2.23. The summed E-state index contributed by atoms with van der Waals surface area (Å²) < 4.78 is 45.7. The fraction of sp³-hybridized carbons (Fsp3) is 0.474. The molecule has 0 radical (unpaired) electrons. The molecule has 3 aromatic rings. The highest BCUT2D eigenvalue weighted by molar-refractivity contribution is 5.92. The van der Waals surface area contributed by atoms with Crippen LogP contribution in [0.2, 0.25) is 0 Å². The summed E-state index contributed by atoms with van der Waals surface area (Å²) in [4.78, 5) is 25.1. The Hall–Kier alpha value is -3.74. The Bertz CT molecular complexity index is 1300. The van der Waals surface area contributed by atoms with E-state index in [-0.39, 0.29) is 11.3 Å². The zero-order chi connectivity index (χ0) is 32.4. The quantitative estimate of drug-likeness (QED) is 0.0713. The van der Waals surface area contributed by atoms with Crippen molar-refractivity contribution in [1.82, 2.24) is 0 Å². The third-order valence-corrected chi connectivity index (χ3v) is 7.78.